The summed E-state index contributed by atoms with van der Waals surface area (Å²) >= 11 is 0. The van der Waals surface area contributed by atoms with Crippen molar-refractivity contribution in [1.82, 2.24) is 0 Å². The molecule has 116 valence electrons. The van der Waals surface area contributed by atoms with Gasteiger partial charge in [-0.05, 0) is 55.2 Å². The first-order valence-corrected chi connectivity index (χ1v) is 7.43. The first-order valence-electron chi connectivity index (χ1n) is 7.43. The van der Waals surface area contributed by atoms with Crippen LogP contribution in [-0.4, -0.2) is 24.3 Å². The molecule has 22 heavy (non-hydrogen) atoms. The number of carbonyl (C=O) groups excluding carboxylic acids is 1. The highest BCUT2D eigenvalue weighted by Crippen LogP contribution is 2.18. The second-order valence-corrected chi connectivity index (χ2v) is 5.62. The van der Waals surface area contributed by atoms with Gasteiger partial charge in [-0.3, -0.25) is 0 Å². The average molecular weight is 298 g/mol. The van der Waals surface area contributed by atoms with Crippen molar-refractivity contribution in [2.75, 3.05) is 13.2 Å². The quantitative estimate of drug-likeness (QED) is 0.859. The normalized spacial score (nSPS) is 12.0. The molecule has 3 heteroatoms. The van der Waals surface area contributed by atoms with Crippen LogP contribution >= 0.6 is 0 Å². The van der Waals surface area contributed by atoms with Gasteiger partial charge in [0.05, 0.1) is 12.2 Å². The first-order chi connectivity index (χ1) is 10.5. The Morgan fingerprint density at radius 3 is 2.23 bits per heavy atom. The summed E-state index contributed by atoms with van der Waals surface area (Å²) in [6.45, 7) is 6.13. The Bertz CT molecular complexity index is 624. The maximum Gasteiger partial charge on any atom is 0.338 e. The molecule has 0 aliphatic rings. The molecule has 0 bridgehead atoms. The van der Waals surface area contributed by atoms with Gasteiger partial charge in [-0.25, -0.2) is 4.79 Å². The highest BCUT2D eigenvalue weighted by molar-refractivity contribution is 5.90. The lowest BCUT2D eigenvalue weighted by molar-refractivity contribution is 0.0450. The number of hydrogen-bond donors (Lipinski definition) is 1. The molecule has 0 amide bonds. The molecule has 0 saturated carbocycles. The number of rotatable bonds is 5. The van der Waals surface area contributed by atoms with Crippen LogP contribution in [0.4, 0.5) is 0 Å². The van der Waals surface area contributed by atoms with E-state index in [2.05, 4.69) is 0 Å². The fourth-order valence-electron chi connectivity index (χ4n) is 2.39. The van der Waals surface area contributed by atoms with Crippen LogP contribution in [0, 0.1) is 20.8 Å². The minimum atomic E-state index is -0.347. The Labute approximate surface area is 131 Å². The molecule has 3 nitrogen and oxygen atoms in total. The van der Waals surface area contributed by atoms with Gasteiger partial charge in [0.25, 0.3) is 0 Å². The van der Waals surface area contributed by atoms with Crippen molar-refractivity contribution >= 4 is 5.97 Å². The highest BCUT2D eigenvalue weighted by Gasteiger charge is 2.15. The smallest absolute Gasteiger partial charge is 0.338 e. The maximum absolute atomic E-state index is 12.2. The predicted octanol–water partition coefficient (Wildman–Crippen LogP) is 3.54. The molecule has 0 radical (unpaired) electrons. The molecular formula is C19H22O3. The number of esters is 1. The molecule has 0 heterocycles. The number of aliphatic hydroxyl groups excluding tert-OH is 1. The van der Waals surface area contributed by atoms with Crippen LogP contribution in [0.25, 0.3) is 0 Å². The summed E-state index contributed by atoms with van der Waals surface area (Å²) in [6, 6.07) is 13.3. The van der Waals surface area contributed by atoms with E-state index in [0.29, 0.717) is 5.56 Å². The van der Waals surface area contributed by atoms with E-state index in [9.17, 15) is 9.90 Å². The summed E-state index contributed by atoms with van der Waals surface area (Å²) in [5, 5.41) is 9.50. The van der Waals surface area contributed by atoms with Crippen molar-refractivity contribution in [3.8, 4) is 0 Å². The van der Waals surface area contributed by atoms with Crippen LogP contribution in [0.15, 0.2) is 42.5 Å². The molecule has 0 spiro atoms. The van der Waals surface area contributed by atoms with E-state index < -0.39 is 0 Å². The lowest BCUT2D eigenvalue weighted by Gasteiger charge is -2.15. The minimum Gasteiger partial charge on any atom is -0.461 e. The summed E-state index contributed by atoms with van der Waals surface area (Å²) < 4.78 is 5.39. The van der Waals surface area contributed by atoms with Crippen LogP contribution in [0.3, 0.4) is 0 Å². The third-order valence-electron chi connectivity index (χ3n) is 4.07. The predicted molar refractivity (Wildman–Crippen MR) is 87.2 cm³/mol. The van der Waals surface area contributed by atoms with Gasteiger partial charge in [0.2, 0.25) is 0 Å². The van der Waals surface area contributed by atoms with E-state index in [1.165, 1.54) is 5.56 Å². The molecule has 2 aromatic rings. The minimum absolute atomic E-state index is 0.0523. The third-order valence-corrected chi connectivity index (χ3v) is 4.07. The first kappa shape index (κ1) is 16.2. The van der Waals surface area contributed by atoms with Gasteiger partial charge in [0, 0.05) is 5.92 Å². The summed E-state index contributed by atoms with van der Waals surface area (Å²) in [6.07, 6.45) is 0. The Morgan fingerprint density at radius 2 is 1.68 bits per heavy atom. The number of ether oxygens (including phenoxy) is 1. The molecule has 1 unspecified atom stereocenters. The van der Waals surface area contributed by atoms with Crippen LogP contribution in [0.2, 0.25) is 0 Å². The zero-order valence-corrected chi connectivity index (χ0v) is 13.3. The van der Waals surface area contributed by atoms with Gasteiger partial charge in [-0.2, -0.15) is 0 Å². The SMILES string of the molecule is Cc1cc(C(=O)OCC(CO)c2ccccc2)cc(C)c1C. The van der Waals surface area contributed by atoms with Crippen molar-refractivity contribution < 1.29 is 14.6 Å². The molecule has 0 aliphatic heterocycles. The van der Waals surface area contributed by atoms with Gasteiger partial charge in [0.1, 0.15) is 6.61 Å². The number of benzene rings is 2. The van der Waals surface area contributed by atoms with E-state index >= 15 is 0 Å². The van der Waals surface area contributed by atoms with Crippen LogP contribution in [0.1, 0.15) is 38.5 Å². The van der Waals surface area contributed by atoms with Gasteiger partial charge in [-0.15, -0.1) is 0 Å². The molecule has 0 fully saturated rings. The Hall–Kier alpha value is -2.13. The summed E-state index contributed by atoms with van der Waals surface area (Å²) in [5.74, 6) is -0.543. The van der Waals surface area contributed by atoms with E-state index in [1.807, 2.05) is 63.2 Å². The van der Waals surface area contributed by atoms with E-state index in [4.69, 9.17) is 4.74 Å². The summed E-state index contributed by atoms with van der Waals surface area (Å²) in [7, 11) is 0. The van der Waals surface area contributed by atoms with E-state index in [1.54, 1.807) is 0 Å². The molecule has 1 atom stereocenters. The Kier molecular flexibility index (Phi) is 5.34. The lowest BCUT2D eigenvalue weighted by atomic mass is 10.00. The zero-order valence-electron chi connectivity index (χ0n) is 13.3. The van der Waals surface area contributed by atoms with Gasteiger partial charge in [-0.1, -0.05) is 30.3 Å². The van der Waals surface area contributed by atoms with Crippen molar-refractivity contribution in [1.29, 1.82) is 0 Å². The monoisotopic (exact) mass is 298 g/mol. The van der Waals surface area contributed by atoms with Crippen molar-refractivity contribution in [3.05, 3.63) is 70.3 Å². The zero-order chi connectivity index (χ0) is 16.1. The topological polar surface area (TPSA) is 46.5 Å². The standard InChI is InChI=1S/C19H22O3/c1-13-9-17(10-14(2)15(13)3)19(21)22-12-18(11-20)16-7-5-4-6-8-16/h4-10,18,20H,11-12H2,1-3H3. The fraction of sp³-hybridized carbons (Fsp3) is 0.316. The molecule has 1 N–H and O–H groups in total. The second-order valence-electron chi connectivity index (χ2n) is 5.62. The molecule has 2 rings (SSSR count). The van der Waals surface area contributed by atoms with Gasteiger partial charge in [0.15, 0.2) is 0 Å². The van der Waals surface area contributed by atoms with Crippen LogP contribution in [0.5, 0.6) is 0 Å². The molecule has 0 aromatic heterocycles. The maximum atomic E-state index is 12.2. The van der Waals surface area contributed by atoms with E-state index in [-0.39, 0.29) is 25.1 Å². The number of aliphatic hydroxyl groups is 1. The molecule has 2 aromatic carbocycles. The Balaban J connectivity index is 2.06. The summed E-state index contributed by atoms with van der Waals surface area (Å²) in [5.41, 5.74) is 4.87. The van der Waals surface area contributed by atoms with Gasteiger partial charge >= 0.3 is 5.97 Å². The number of carbonyl (C=O) groups is 1. The van der Waals surface area contributed by atoms with Crippen molar-refractivity contribution in [3.63, 3.8) is 0 Å². The van der Waals surface area contributed by atoms with E-state index in [0.717, 1.165) is 16.7 Å². The fourth-order valence-corrected chi connectivity index (χ4v) is 2.39. The van der Waals surface area contributed by atoms with Crippen molar-refractivity contribution in [2.45, 2.75) is 26.7 Å². The molecular weight excluding hydrogens is 276 g/mol. The van der Waals surface area contributed by atoms with Crippen molar-refractivity contribution in [2.24, 2.45) is 0 Å². The highest BCUT2D eigenvalue weighted by atomic mass is 16.5. The molecule has 0 saturated heterocycles. The second kappa shape index (κ2) is 7.23. The third kappa shape index (κ3) is 3.74. The van der Waals surface area contributed by atoms with Crippen LogP contribution < -0.4 is 0 Å². The Morgan fingerprint density at radius 1 is 1.09 bits per heavy atom. The summed E-state index contributed by atoms with van der Waals surface area (Å²) in [4.78, 5) is 12.2. The largest absolute Gasteiger partial charge is 0.461 e. The number of aryl methyl sites for hydroxylation is 2. The van der Waals surface area contributed by atoms with Crippen LogP contribution in [-0.2, 0) is 4.74 Å². The molecule has 0 aliphatic carbocycles. The lowest BCUT2D eigenvalue weighted by Crippen LogP contribution is -2.16. The number of hydrogen-bond acceptors (Lipinski definition) is 3. The average Bonchev–Trinajstić information content (AvgIpc) is 2.53. The van der Waals surface area contributed by atoms with Gasteiger partial charge < -0.3 is 9.84 Å².